The van der Waals surface area contributed by atoms with Crippen molar-refractivity contribution in [3.8, 4) is 5.75 Å². The first-order valence-corrected chi connectivity index (χ1v) is 11.1. The molecule has 160 valence electrons. The molecule has 1 atom stereocenters. The van der Waals surface area contributed by atoms with Crippen LogP contribution in [0.2, 0.25) is 10.0 Å². The fraction of sp³-hybridized carbons (Fsp3) is 0.286. The van der Waals surface area contributed by atoms with Crippen LogP contribution in [0, 0.1) is 0 Å². The molecule has 2 rings (SSSR count). The van der Waals surface area contributed by atoms with E-state index in [0.717, 1.165) is 0 Å². The van der Waals surface area contributed by atoms with Crippen LogP contribution in [-0.4, -0.2) is 49.4 Å². The molecule has 2 aromatic carbocycles. The Morgan fingerprint density at radius 2 is 1.90 bits per heavy atom. The number of ether oxygens (including phenoxy) is 2. The van der Waals surface area contributed by atoms with E-state index in [-0.39, 0.29) is 16.4 Å². The van der Waals surface area contributed by atoms with Crippen molar-refractivity contribution in [3.05, 3.63) is 63.6 Å². The smallest absolute Gasteiger partial charge is 0.329 e. The van der Waals surface area contributed by atoms with Gasteiger partial charge in [0.25, 0.3) is 5.91 Å². The number of esters is 1. The average molecular weight is 470 g/mol. The lowest BCUT2D eigenvalue weighted by molar-refractivity contribution is -0.144. The molecule has 0 aliphatic carbocycles. The standard InChI is InChI=1S/C21H21Cl2NO5S/c1-28-15-5-3-4-13(10-15)19(25)12-29-21(27)18(8-9-30-2)24-20(26)16-7-6-14(22)11-17(16)23/h3-7,10-11,18H,8-9,12H2,1-2H3,(H,24,26). The SMILES string of the molecule is COc1cccc(C(=O)COC(=O)C(CCSC)NC(=O)c2ccc(Cl)cc2Cl)c1. The summed E-state index contributed by atoms with van der Waals surface area (Å²) in [6, 6.07) is 10.1. The molecule has 0 aliphatic heterocycles. The van der Waals surface area contributed by atoms with Gasteiger partial charge in [-0.3, -0.25) is 9.59 Å². The number of ketones is 1. The van der Waals surface area contributed by atoms with E-state index in [9.17, 15) is 14.4 Å². The number of halogens is 2. The number of methoxy groups -OCH3 is 1. The highest BCUT2D eigenvalue weighted by Crippen LogP contribution is 2.21. The number of amides is 1. The Morgan fingerprint density at radius 3 is 2.57 bits per heavy atom. The van der Waals surface area contributed by atoms with Gasteiger partial charge in [0.05, 0.1) is 17.7 Å². The van der Waals surface area contributed by atoms with Gasteiger partial charge in [-0.05, 0) is 48.8 Å². The minimum absolute atomic E-state index is 0.171. The Kier molecular flexibility index (Phi) is 9.49. The van der Waals surface area contributed by atoms with Crippen LogP contribution in [0.5, 0.6) is 5.75 Å². The zero-order chi connectivity index (χ0) is 22.1. The molecule has 6 nitrogen and oxygen atoms in total. The van der Waals surface area contributed by atoms with Crippen molar-refractivity contribution in [2.75, 3.05) is 25.7 Å². The fourth-order valence-electron chi connectivity index (χ4n) is 2.51. The van der Waals surface area contributed by atoms with Gasteiger partial charge >= 0.3 is 5.97 Å². The Labute approximate surface area is 189 Å². The van der Waals surface area contributed by atoms with Crippen LogP contribution >= 0.6 is 35.0 Å². The third-order valence-electron chi connectivity index (χ3n) is 4.11. The molecule has 0 aromatic heterocycles. The number of thioether (sulfide) groups is 1. The lowest BCUT2D eigenvalue weighted by Crippen LogP contribution is -2.42. The summed E-state index contributed by atoms with van der Waals surface area (Å²) >= 11 is 13.4. The molecule has 0 spiro atoms. The van der Waals surface area contributed by atoms with Gasteiger partial charge in [0.2, 0.25) is 0 Å². The monoisotopic (exact) mass is 469 g/mol. The Balaban J connectivity index is 2.03. The highest BCUT2D eigenvalue weighted by Gasteiger charge is 2.24. The van der Waals surface area contributed by atoms with Crippen LogP contribution in [0.25, 0.3) is 0 Å². The van der Waals surface area contributed by atoms with Crippen LogP contribution < -0.4 is 10.1 Å². The second-order valence-corrected chi connectivity index (χ2v) is 8.02. The Bertz CT molecular complexity index is 922. The fourth-order valence-corrected chi connectivity index (χ4v) is 3.48. The molecule has 0 fully saturated rings. The van der Waals surface area contributed by atoms with Gasteiger partial charge in [0.15, 0.2) is 12.4 Å². The summed E-state index contributed by atoms with van der Waals surface area (Å²) in [6.07, 6.45) is 2.22. The first-order chi connectivity index (χ1) is 14.3. The molecule has 1 N–H and O–H groups in total. The van der Waals surface area contributed by atoms with E-state index in [1.165, 1.54) is 37.1 Å². The maximum atomic E-state index is 12.6. The number of Topliss-reactive ketones (excluding diaryl/α,β-unsaturated/α-hetero) is 1. The van der Waals surface area contributed by atoms with Crippen LogP contribution in [0.4, 0.5) is 0 Å². The number of hydrogen-bond acceptors (Lipinski definition) is 6. The molecule has 0 aliphatic rings. The highest BCUT2D eigenvalue weighted by atomic mass is 35.5. The van der Waals surface area contributed by atoms with E-state index in [0.29, 0.717) is 28.5 Å². The van der Waals surface area contributed by atoms with Crippen LogP contribution in [0.3, 0.4) is 0 Å². The summed E-state index contributed by atoms with van der Waals surface area (Å²) in [4.78, 5) is 37.4. The molecular weight excluding hydrogens is 449 g/mol. The molecule has 1 unspecified atom stereocenters. The summed E-state index contributed by atoms with van der Waals surface area (Å²) in [7, 11) is 1.50. The number of benzene rings is 2. The number of rotatable bonds is 10. The van der Waals surface area contributed by atoms with Crippen molar-refractivity contribution in [1.29, 1.82) is 0 Å². The van der Waals surface area contributed by atoms with Gasteiger partial charge in [0, 0.05) is 10.6 Å². The van der Waals surface area contributed by atoms with E-state index >= 15 is 0 Å². The van der Waals surface area contributed by atoms with Crippen LogP contribution in [0.15, 0.2) is 42.5 Å². The van der Waals surface area contributed by atoms with Gasteiger partial charge in [-0.1, -0.05) is 35.3 Å². The minimum atomic E-state index is -0.921. The summed E-state index contributed by atoms with van der Waals surface area (Å²) in [6.45, 7) is -0.445. The molecule has 0 saturated carbocycles. The lowest BCUT2D eigenvalue weighted by atomic mass is 10.1. The summed E-state index contributed by atoms with van der Waals surface area (Å²) in [5.41, 5.74) is 0.551. The van der Waals surface area contributed by atoms with Gasteiger partial charge < -0.3 is 14.8 Å². The molecule has 9 heteroatoms. The number of carbonyl (C=O) groups is 3. The largest absolute Gasteiger partial charge is 0.497 e. The number of hydrogen-bond donors (Lipinski definition) is 1. The molecular formula is C21H21Cl2NO5S. The predicted octanol–water partition coefficient (Wildman–Crippen LogP) is 4.28. The molecule has 0 saturated heterocycles. The molecule has 0 heterocycles. The maximum absolute atomic E-state index is 12.6. The second kappa shape index (κ2) is 11.8. The van der Waals surface area contributed by atoms with E-state index in [1.54, 1.807) is 24.3 Å². The highest BCUT2D eigenvalue weighted by molar-refractivity contribution is 7.98. The maximum Gasteiger partial charge on any atom is 0.329 e. The van der Waals surface area contributed by atoms with Crippen molar-refractivity contribution < 1.29 is 23.9 Å². The van der Waals surface area contributed by atoms with Gasteiger partial charge in [-0.15, -0.1) is 0 Å². The van der Waals surface area contributed by atoms with Crippen molar-refractivity contribution >= 4 is 52.6 Å². The van der Waals surface area contributed by atoms with E-state index in [4.69, 9.17) is 32.7 Å². The molecule has 30 heavy (non-hydrogen) atoms. The topological polar surface area (TPSA) is 81.7 Å². The molecule has 1 amide bonds. The molecule has 0 bridgehead atoms. The zero-order valence-electron chi connectivity index (χ0n) is 16.4. The molecule has 0 radical (unpaired) electrons. The summed E-state index contributed by atoms with van der Waals surface area (Å²) in [5, 5.41) is 3.19. The first kappa shape index (κ1) is 24.1. The molecule has 2 aromatic rings. The van der Waals surface area contributed by atoms with Crippen LogP contribution in [0.1, 0.15) is 27.1 Å². The Morgan fingerprint density at radius 1 is 1.13 bits per heavy atom. The van der Waals surface area contributed by atoms with E-state index < -0.39 is 24.5 Å². The van der Waals surface area contributed by atoms with Crippen molar-refractivity contribution in [2.24, 2.45) is 0 Å². The second-order valence-electron chi connectivity index (χ2n) is 6.19. The number of nitrogens with one attached hydrogen (secondary N) is 1. The first-order valence-electron chi connectivity index (χ1n) is 8.94. The van der Waals surface area contributed by atoms with Gasteiger partial charge in [-0.25, -0.2) is 4.79 Å². The predicted molar refractivity (Wildman–Crippen MR) is 119 cm³/mol. The summed E-state index contributed by atoms with van der Waals surface area (Å²) in [5.74, 6) is -0.467. The quantitative estimate of drug-likeness (QED) is 0.413. The van der Waals surface area contributed by atoms with Crippen molar-refractivity contribution in [1.82, 2.24) is 5.32 Å². The zero-order valence-corrected chi connectivity index (χ0v) is 18.8. The third kappa shape index (κ3) is 6.93. The average Bonchev–Trinajstić information content (AvgIpc) is 2.74. The normalized spacial score (nSPS) is 11.5. The van der Waals surface area contributed by atoms with E-state index in [2.05, 4.69) is 5.32 Å². The summed E-state index contributed by atoms with van der Waals surface area (Å²) < 4.78 is 10.3. The van der Waals surface area contributed by atoms with Gasteiger partial charge in [0.1, 0.15) is 11.8 Å². The van der Waals surface area contributed by atoms with Crippen molar-refractivity contribution in [3.63, 3.8) is 0 Å². The van der Waals surface area contributed by atoms with E-state index in [1.807, 2.05) is 6.26 Å². The van der Waals surface area contributed by atoms with Crippen LogP contribution in [-0.2, 0) is 9.53 Å². The lowest BCUT2D eigenvalue weighted by Gasteiger charge is -2.17. The third-order valence-corrected chi connectivity index (χ3v) is 5.31. The Hall–Kier alpha value is -2.22. The minimum Gasteiger partial charge on any atom is -0.497 e. The van der Waals surface area contributed by atoms with Gasteiger partial charge in [-0.2, -0.15) is 11.8 Å². The van der Waals surface area contributed by atoms with Crippen molar-refractivity contribution in [2.45, 2.75) is 12.5 Å². The number of carbonyl (C=O) groups excluding carboxylic acids is 3.